The Bertz CT molecular complexity index is 464. The first-order valence-corrected chi connectivity index (χ1v) is 8.27. The van der Waals surface area contributed by atoms with E-state index in [1.165, 1.54) is 6.42 Å². The summed E-state index contributed by atoms with van der Waals surface area (Å²) < 4.78 is 14.4. The van der Waals surface area contributed by atoms with Crippen molar-refractivity contribution in [1.29, 1.82) is 0 Å². The molecule has 0 amide bonds. The zero-order chi connectivity index (χ0) is 15.5. The first-order valence-electron chi connectivity index (χ1n) is 8.27. The predicted octanol–water partition coefficient (Wildman–Crippen LogP) is 4.51. The van der Waals surface area contributed by atoms with Gasteiger partial charge in [0.2, 0.25) is 0 Å². The van der Waals surface area contributed by atoms with E-state index in [0.717, 1.165) is 43.7 Å². The summed E-state index contributed by atoms with van der Waals surface area (Å²) in [6, 6.07) is 5.65. The van der Waals surface area contributed by atoms with Crippen molar-refractivity contribution in [2.45, 2.75) is 53.0 Å². The summed E-state index contributed by atoms with van der Waals surface area (Å²) in [6.45, 7) is 11.6. The molecular formula is C18H29FN2. The van der Waals surface area contributed by atoms with Gasteiger partial charge in [0, 0.05) is 19.1 Å². The molecule has 0 spiro atoms. The van der Waals surface area contributed by atoms with Gasteiger partial charge < -0.3 is 10.2 Å². The molecule has 21 heavy (non-hydrogen) atoms. The van der Waals surface area contributed by atoms with Crippen LogP contribution >= 0.6 is 0 Å². The van der Waals surface area contributed by atoms with E-state index >= 15 is 0 Å². The number of para-hydroxylation sites is 1. The van der Waals surface area contributed by atoms with Crippen LogP contribution in [0.4, 0.5) is 10.1 Å². The van der Waals surface area contributed by atoms with Crippen LogP contribution in [0.15, 0.2) is 18.2 Å². The molecule has 1 aromatic carbocycles. The number of piperidine rings is 1. The summed E-state index contributed by atoms with van der Waals surface area (Å²) in [6.07, 6.45) is 3.50. The van der Waals surface area contributed by atoms with Crippen LogP contribution < -0.4 is 10.2 Å². The summed E-state index contributed by atoms with van der Waals surface area (Å²) in [5, 5.41) is 3.40. The molecule has 1 fully saturated rings. The van der Waals surface area contributed by atoms with Gasteiger partial charge in [-0.2, -0.15) is 0 Å². The number of nitrogens with one attached hydrogen (secondary N) is 1. The smallest absolute Gasteiger partial charge is 0.146 e. The van der Waals surface area contributed by atoms with Gasteiger partial charge in [0.05, 0.1) is 5.69 Å². The molecule has 2 rings (SSSR count). The van der Waals surface area contributed by atoms with Crippen molar-refractivity contribution in [3.8, 4) is 0 Å². The van der Waals surface area contributed by atoms with Gasteiger partial charge >= 0.3 is 0 Å². The van der Waals surface area contributed by atoms with E-state index in [9.17, 15) is 4.39 Å². The largest absolute Gasteiger partial charge is 0.369 e. The monoisotopic (exact) mass is 292 g/mol. The van der Waals surface area contributed by atoms with Gasteiger partial charge in [-0.25, -0.2) is 4.39 Å². The standard InChI is InChI=1S/C18H29FN2/c1-5-18(4)10-12-21(13-11-18)17-15(14(3)20-6-2)8-7-9-16(17)19/h7-9,14,20H,5-6,10-13H2,1-4H3. The van der Waals surface area contributed by atoms with Gasteiger partial charge in [-0.1, -0.05) is 39.3 Å². The minimum absolute atomic E-state index is 0.0858. The topological polar surface area (TPSA) is 15.3 Å². The van der Waals surface area contributed by atoms with Gasteiger partial charge in [-0.05, 0) is 43.4 Å². The summed E-state index contributed by atoms with van der Waals surface area (Å²) in [5.41, 5.74) is 2.32. The lowest BCUT2D eigenvalue weighted by atomic mass is 9.78. The molecule has 1 atom stereocenters. The zero-order valence-corrected chi connectivity index (χ0v) is 13.9. The molecule has 2 nitrogen and oxygen atoms in total. The molecule has 1 N–H and O–H groups in total. The molecule has 3 heteroatoms. The Morgan fingerprint density at radius 1 is 1.29 bits per heavy atom. The second-order valence-electron chi connectivity index (χ2n) is 6.61. The normalized spacial score (nSPS) is 19.6. The number of hydrogen-bond acceptors (Lipinski definition) is 2. The fourth-order valence-electron chi connectivity index (χ4n) is 3.25. The second-order valence-corrected chi connectivity index (χ2v) is 6.61. The number of halogens is 1. The Morgan fingerprint density at radius 2 is 1.95 bits per heavy atom. The van der Waals surface area contributed by atoms with Crippen molar-refractivity contribution in [3.63, 3.8) is 0 Å². The minimum atomic E-state index is -0.0858. The molecule has 1 heterocycles. The van der Waals surface area contributed by atoms with E-state index in [0.29, 0.717) is 5.41 Å². The molecule has 0 saturated carbocycles. The second kappa shape index (κ2) is 6.78. The summed E-state index contributed by atoms with van der Waals surface area (Å²) in [4.78, 5) is 2.25. The highest BCUT2D eigenvalue weighted by Crippen LogP contribution is 2.38. The van der Waals surface area contributed by atoms with Gasteiger partial charge in [-0.15, -0.1) is 0 Å². The van der Waals surface area contributed by atoms with Crippen molar-refractivity contribution in [3.05, 3.63) is 29.6 Å². The van der Waals surface area contributed by atoms with Gasteiger partial charge in [-0.3, -0.25) is 0 Å². The Hall–Kier alpha value is -1.09. The minimum Gasteiger partial charge on any atom is -0.369 e. The lowest BCUT2D eigenvalue weighted by molar-refractivity contribution is 0.237. The van der Waals surface area contributed by atoms with Gasteiger partial charge in [0.1, 0.15) is 5.82 Å². The summed E-state index contributed by atoms with van der Waals surface area (Å²) >= 11 is 0. The van der Waals surface area contributed by atoms with Crippen LogP contribution in [-0.4, -0.2) is 19.6 Å². The molecule has 1 unspecified atom stereocenters. The van der Waals surface area contributed by atoms with Crippen molar-refractivity contribution in [1.82, 2.24) is 5.32 Å². The van der Waals surface area contributed by atoms with Crippen LogP contribution in [0, 0.1) is 11.2 Å². The van der Waals surface area contributed by atoms with Crippen molar-refractivity contribution in [2.24, 2.45) is 5.41 Å². The number of benzene rings is 1. The Morgan fingerprint density at radius 3 is 2.52 bits per heavy atom. The zero-order valence-electron chi connectivity index (χ0n) is 13.9. The SMILES string of the molecule is CCNC(C)c1cccc(F)c1N1CCC(C)(CC)CC1. The van der Waals surface area contributed by atoms with E-state index in [1.54, 1.807) is 6.07 Å². The summed E-state index contributed by atoms with van der Waals surface area (Å²) in [5.74, 6) is -0.0858. The number of nitrogens with zero attached hydrogens (tertiary/aromatic N) is 1. The molecule has 118 valence electrons. The summed E-state index contributed by atoms with van der Waals surface area (Å²) in [7, 11) is 0. The third-order valence-electron chi connectivity index (χ3n) is 5.14. The average Bonchev–Trinajstić information content (AvgIpc) is 2.48. The Balaban J connectivity index is 2.23. The van der Waals surface area contributed by atoms with E-state index in [2.05, 4.69) is 44.0 Å². The van der Waals surface area contributed by atoms with E-state index in [-0.39, 0.29) is 11.9 Å². The van der Waals surface area contributed by atoms with Gasteiger partial charge in [0.15, 0.2) is 0 Å². The number of rotatable bonds is 5. The maximum atomic E-state index is 14.4. The molecular weight excluding hydrogens is 263 g/mol. The number of anilines is 1. The Kier molecular flexibility index (Phi) is 5.26. The van der Waals surface area contributed by atoms with E-state index in [1.807, 2.05) is 6.07 Å². The molecule has 0 aromatic heterocycles. The quantitative estimate of drug-likeness (QED) is 0.859. The van der Waals surface area contributed by atoms with Crippen molar-refractivity contribution < 1.29 is 4.39 Å². The third kappa shape index (κ3) is 3.57. The van der Waals surface area contributed by atoms with Crippen LogP contribution in [0.25, 0.3) is 0 Å². The van der Waals surface area contributed by atoms with Crippen molar-refractivity contribution >= 4 is 5.69 Å². The molecule has 0 bridgehead atoms. The van der Waals surface area contributed by atoms with Crippen LogP contribution in [0.2, 0.25) is 0 Å². The van der Waals surface area contributed by atoms with E-state index in [4.69, 9.17) is 0 Å². The lowest BCUT2D eigenvalue weighted by Crippen LogP contribution is -2.39. The average molecular weight is 292 g/mol. The molecule has 0 aliphatic carbocycles. The van der Waals surface area contributed by atoms with Gasteiger partial charge in [0.25, 0.3) is 0 Å². The fraction of sp³-hybridized carbons (Fsp3) is 0.667. The lowest BCUT2D eigenvalue weighted by Gasteiger charge is -2.41. The highest BCUT2D eigenvalue weighted by atomic mass is 19.1. The molecule has 1 aromatic rings. The van der Waals surface area contributed by atoms with Crippen LogP contribution in [0.1, 0.15) is 58.6 Å². The molecule has 1 aliphatic rings. The molecule has 1 aliphatic heterocycles. The molecule has 0 radical (unpaired) electrons. The van der Waals surface area contributed by atoms with Crippen LogP contribution in [-0.2, 0) is 0 Å². The third-order valence-corrected chi connectivity index (χ3v) is 5.14. The van der Waals surface area contributed by atoms with Crippen molar-refractivity contribution in [2.75, 3.05) is 24.5 Å². The predicted molar refractivity (Wildman–Crippen MR) is 88.3 cm³/mol. The number of hydrogen-bond donors (Lipinski definition) is 1. The highest BCUT2D eigenvalue weighted by Gasteiger charge is 2.30. The highest BCUT2D eigenvalue weighted by molar-refractivity contribution is 5.56. The maximum absolute atomic E-state index is 14.4. The fourth-order valence-corrected chi connectivity index (χ4v) is 3.25. The van der Waals surface area contributed by atoms with Crippen LogP contribution in [0.5, 0.6) is 0 Å². The first-order chi connectivity index (χ1) is 10.0. The van der Waals surface area contributed by atoms with Crippen LogP contribution in [0.3, 0.4) is 0 Å². The molecule has 1 saturated heterocycles. The van der Waals surface area contributed by atoms with E-state index < -0.39 is 0 Å². The Labute approximate surface area is 128 Å². The maximum Gasteiger partial charge on any atom is 0.146 e. The first kappa shape index (κ1) is 16.3.